The Balaban J connectivity index is 1.30. The molecule has 162 valence electrons. The van der Waals surface area contributed by atoms with Crippen LogP contribution in [0.25, 0.3) is 6.08 Å². The molecule has 2 aromatic rings. The number of carbonyl (C=O) groups is 1. The molecule has 3 heterocycles. The van der Waals surface area contributed by atoms with Crippen LogP contribution in [0.15, 0.2) is 66.7 Å². The minimum Gasteiger partial charge on any atom is -0.381 e. The molecule has 0 spiro atoms. The molecule has 0 N–H and O–H groups in total. The lowest BCUT2D eigenvalue weighted by Gasteiger charge is -2.33. The molecule has 3 saturated heterocycles. The van der Waals surface area contributed by atoms with Crippen molar-refractivity contribution in [3.05, 3.63) is 77.9 Å². The quantitative estimate of drug-likeness (QED) is 0.730. The van der Waals surface area contributed by atoms with Crippen LogP contribution < -0.4 is 0 Å². The first-order valence-corrected chi connectivity index (χ1v) is 11.7. The average molecular weight is 417 g/mol. The molecule has 0 aliphatic carbocycles. The van der Waals surface area contributed by atoms with E-state index in [4.69, 9.17) is 4.74 Å². The highest BCUT2D eigenvalue weighted by Gasteiger charge is 2.49. The zero-order valence-corrected chi connectivity index (χ0v) is 18.1. The summed E-state index contributed by atoms with van der Waals surface area (Å²) >= 11 is 0. The highest BCUT2D eigenvalue weighted by atomic mass is 16.5. The predicted octanol–water partition coefficient (Wildman–Crippen LogP) is 4.26. The zero-order chi connectivity index (χ0) is 21.0. The molecule has 4 heteroatoms. The van der Waals surface area contributed by atoms with Gasteiger partial charge in [-0.1, -0.05) is 72.8 Å². The van der Waals surface area contributed by atoms with Gasteiger partial charge in [0, 0.05) is 51.2 Å². The normalized spacial score (nSPS) is 27.1. The minimum absolute atomic E-state index is 0.128. The first-order valence-electron chi connectivity index (χ1n) is 11.7. The van der Waals surface area contributed by atoms with Gasteiger partial charge in [0.05, 0.1) is 6.04 Å². The third kappa shape index (κ3) is 4.46. The molecule has 4 nitrogen and oxygen atoms in total. The van der Waals surface area contributed by atoms with Crippen LogP contribution in [0, 0.1) is 17.8 Å². The first kappa shape index (κ1) is 20.5. The second-order valence-electron chi connectivity index (χ2n) is 9.19. The third-order valence-electron chi connectivity index (χ3n) is 7.21. The van der Waals surface area contributed by atoms with Gasteiger partial charge in [0.1, 0.15) is 0 Å². The Labute approximate surface area is 185 Å². The highest BCUT2D eigenvalue weighted by molar-refractivity contribution is 5.80. The Morgan fingerprint density at radius 1 is 0.935 bits per heavy atom. The summed E-state index contributed by atoms with van der Waals surface area (Å²) in [5.41, 5.74) is 2.54. The van der Waals surface area contributed by atoms with Gasteiger partial charge in [-0.05, 0) is 29.9 Å². The molecule has 0 saturated carbocycles. The Hall–Kier alpha value is -2.43. The van der Waals surface area contributed by atoms with Gasteiger partial charge >= 0.3 is 0 Å². The molecular formula is C27H32N2O2. The zero-order valence-electron chi connectivity index (χ0n) is 18.1. The second kappa shape index (κ2) is 9.37. The molecule has 3 atom stereocenters. The van der Waals surface area contributed by atoms with Gasteiger partial charge in [0.25, 0.3) is 0 Å². The standard InChI is InChI=1S/C27H32N2O2/c30-27(23-13-16-31-17-14-23)29-19-24-18-28(15-7-10-21-8-3-1-4-9-21)20-25(24)26(29)22-11-5-2-6-12-22/h1-12,23-26H,13-20H2/b10-7+/t24-,25-,26+/m0/s1. The number of nitrogens with zero attached hydrogens (tertiary/aromatic N) is 2. The van der Waals surface area contributed by atoms with Crippen molar-refractivity contribution in [2.45, 2.75) is 18.9 Å². The van der Waals surface area contributed by atoms with E-state index in [1.54, 1.807) is 0 Å². The van der Waals surface area contributed by atoms with Crippen LogP contribution in [0.2, 0.25) is 0 Å². The van der Waals surface area contributed by atoms with Crippen LogP contribution in [0.4, 0.5) is 0 Å². The van der Waals surface area contributed by atoms with E-state index >= 15 is 0 Å². The summed E-state index contributed by atoms with van der Waals surface area (Å²) in [6.45, 7) is 5.42. The number of carbonyl (C=O) groups excluding carboxylic acids is 1. The largest absolute Gasteiger partial charge is 0.381 e. The maximum atomic E-state index is 13.5. The van der Waals surface area contributed by atoms with Gasteiger partial charge in [-0.3, -0.25) is 9.69 Å². The van der Waals surface area contributed by atoms with Crippen molar-refractivity contribution in [2.24, 2.45) is 17.8 Å². The number of amides is 1. The van der Waals surface area contributed by atoms with Gasteiger partial charge in [-0.2, -0.15) is 0 Å². The molecule has 0 aromatic heterocycles. The van der Waals surface area contributed by atoms with Crippen molar-refractivity contribution in [3.63, 3.8) is 0 Å². The van der Waals surface area contributed by atoms with E-state index in [0.29, 0.717) is 31.0 Å². The van der Waals surface area contributed by atoms with Crippen LogP contribution in [-0.2, 0) is 9.53 Å². The number of fused-ring (bicyclic) bond motifs is 1. The van der Waals surface area contributed by atoms with E-state index in [1.807, 2.05) is 0 Å². The smallest absolute Gasteiger partial charge is 0.226 e. The molecule has 0 radical (unpaired) electrons. The molecule has 3 fully saturated rings. The SMILES string of the molecule is O=C(C1CCOCC1)N1C[C@@H]2CN(C/C=C/c3ccccc3)C[C@@H]2[C@H]1c1ccccc1. The van der Waals surface area contributed by atoms with Gasteiger partial charge in [0.15, 0.2) is 0 Å². The first-order chi connectivity index (χ1) is 15.3. The summed E-state index contributed by atoms with van der Waals surface area (Å²) in [5.74, 6) is 1.54. The second-order valence-corrected chi connectivity index (χ2v) is 9.19. The highest BCUT2D eigenvalue weighted by Crippen LogP contribution is 2.45. The number of ether oxygens (including phenoxy) is 1. The van der Waals surface area contributed by atoms with Gasteiger partial charge in [0.2, 0.25) is 5.91 Å². The third-order valence-corrected chi connectivity index (χ3v) is 7.21. The van der Waals surface area contributed by atoms with Crippen molar-refractivity contribution < 1.29 is 9.53 Å². The van der Waals surface area contributed by atoms with Crippen molar-refractivity contribution in [3.8, 4) is 0 Å². The van der Waals surface area contributed by atoms with Gasteiger partial charge < -0.3 is 9.64 Å². The average Bonchev–Trinajstić information content (AvgIpc) is 3.38. The molecule has 3 aliphatic heterocycles. The lowest BCUT2D eigenvalue weighted by Crippen LogP contribution is -2.40. The number of hydrogen-bond acceptors (Lipinski definition) is 3. The molecule has 5 rings (SSSR count). The monoisotopic (exact) mass is 416 g/mol. The maximum Gasteiger partial charge on any atom is 0.226 e. The van der Waals surface area contributed by atoms with E-state index in [0.717, 1.165) is 39.0 Å². The van der Waals surface area contributed by atoms with Gasteiger partial charge in [-0.15, -0.1) is 0 Å². The molecule has 2 aromatic carbocycles. The van der Waals surface area contributed by atoms with Gasteiger partial charge in [-0.25, -0.2) is 0 Å². The summed E-state index contributed by atoms with van der Waals surface area (Å²) in [5, 5.41) is 0. The van der Waals surface area contributed by atoms with E-state index in [-0.39, 0.29) is 12.0 Å². The molecule has 0 bridgehead atoms. The fraction of sp³-hybridized carbons (Fsp3) is 0.444. The number of rotatable bonds is 5. The summed E-state index contributed by atoms with van der Waals surface area (Å²) in [6.07, 6.45) is 6.22. The van der Waals surface area contributed by atoms with Crippen LogP contribution in [0.3, 0.4) is 0 Å². The maximum absolute atomic E-state index is 13.5. The van der Waals surface area contributed by atoms with Crippen LogP contribution >= 0.6 is 0 Å². The lowest BCUT2D eigenvalue weighted by molar-refractivity contribution is -0.140. The van der Waals surface area contributed by atoms with Crippen molar-refractivity contribution >= 4 is 12.0 Å². The predicted molar refractivity (Wildman–Crippen MR) is 123 cm³/mol. The molecular weight excluding hydrogens is 384 g/mol. The Morgan fingerprint density at radius 2 is 1.65 bits per heavy atom. The summed E-state index contributed by atoms with van der Waals surface area (Å²) < 4.78 is 5.50. The lowest BCUT2D eigenvalue weighted by atomic mass is 9.89. The molecule has 1 amide bonds. The summed E-state index contributed by atoms with van der Waals surface area (Å²) in [6, 6.07) is 21.4. The van der Waals surface area contributed by atoms with Crippen LogP contribution in [0.5, 0.6) is 0 Å². The van der Waals surface area contributed by atoms with Crippen molar-refractivity contribution in [2.75, 3.05) is 39.4 Å². The molecule has 0 unspecified atom stereocenters. The van der Waals surface area contributed by atoms with Crippen LogP contribution in [0.1, 0.15) is 30.0 Å². The Morgan fingerprint density at radius 3 is 2.39 bits per heavy atom. The van der Waals surface area contributed by atoms with Crippen molar-refractivity contribution in [1.82, 2.24) is 9.80 Å². The summed E-state index contributed by atoms with van der Waals surface area (Å²) in [7, 11) is 0. The van der Waals surface area contributed by atoms with E-state index < -0.39 is 0 Å². The van der Waals surface area contributed by atoms with E-state index in [1.165, 1.54) is 11.1 Å². The Kier molecular flexibility index (Phi) is 6.19. The number of hydrogen-bond donors (Lipinski definition) is 0. The number of benzene rings is 2. The van der Waals surface area contributed by atoms with Crippen molar-refractivity contribution in [1.29, 1.82) is 0 Å². The summed E-state index contributed by atoms with van der Waals surface area (Å²) in [4.78, 5) is 18.2. The fourth-order valence-corrected chi connectivity index (χ4v) is 5.67. The topological polar surface area (TPSA) is 32.8 Å². The number of likely N-dealkylation sites (tertiary alicyclic amines) is 2. The Bertz CT molecular complexity index is 892. The van der Waals surface area contributed by atoms with E-state index in [2.05, 4.69) is 82.6 Å². The fourth-order valence-electron chi connectivity index (χ4n) is 5.67. The molecule has 3 aliphatic rings. The molecule has 31 heavy (non-hydrogen) atoms. The van der Waals surface area contributed by atoms with Crippen LogP contribution in [-0.4, -0.2) is 55.1 Å². The minimum atomic E-state index is 0.128. The van der Waals surface area contributed by atoms with E-state index in [9.17, 15) is 4.79 Å².